The van der Waals surface area contributed by atoms with Crippen molar-refractivity contribution in [2.45, 2.75) is 33.2 Å². The van der Waals surface area contributed by atoms with E-state index >= 15 is 0 Å². The van der Waals surface area contributed by atoms with Crippen molar-refractivity contribution >= 4 is 11.0 Å². The van der Waals surface area contributed by atoms with Crippen molar-refractivity contribution in [2.75, 3.05) is 27.9 Å². The van der Waals surface area contributed by atoms with E-state index in [1.807, 2.05) is 30.3 Å². The van der Waals surface area contributed by atoms with Crippen LogP contribution in [-0.2, 0) is 6.54 Å². The molecule has 0 unspecified atom stereocenters. The number of imidazole rings is 1. The zero-order valence-electron chi connectivity index (χ0n) is 20.6. The Labute approximate surface area is 201 Å². The normalized spacial score (nSPS) is 11.0. The van der Waals surface area contributed by atoms with Crippen LogP contribution in [0.2, 0.25) is 0 Å². The first-order chi connectivity index (χ1) is 16.5. The van der Waals surface area contributed by atoms with Gasteiger partial charge >= 0.3 is 0 Å². The standard InChI is InChI=1S/C28H32N2O4/c1-19-12-13-24(20(2)16-19)34-15-9-8-14-30-23-11-7-6-10-22(23)29-28(30)21-17-25(31-3)27(33-5)26(18-21)32-4/h6-7,10-13,16-18H,8-9,14-15H2,1-5H3. The SMILES string of the molecule is COc1cc(-c2nc3ccccc3n2CCCCOc2ccc(C)cc2C)cc(OC)c1OC. The van der Waals surface area contributed by atoms with Crippen LogP contribution in [0.25, 0.3) is 22.4 Å². The van der Waals surface area contributed by atoms with Crippen molar-refractivity contribution in [3.8, 4) is 34.4 Å². The fourth-order valence-corrected chi connectivity index (χ4v) is 4.25. The topological polar surface area (TPSA) is 54.7 Å². The summed E-state index contributed by atoms with van der Waals surface area (Å²) >= 11 is 0. The summed E-state index contributed by atoms with van der Waals surface area (Å²) in [4.78, 5) is 4.94. The minimum atomic E-state index is 0.569. The van der Waals surface area contributed by atoms with Crippen molar-refractivity contribution in [2.24, 2.45) is 0 Å². The number of benzene rings is 3. The molecule has 4 aromatic rings. The number of methoxy groups -OCH3 is 3. The number of aryl methyl sites for hydroxylation is 3. The van der Waals surface area contributed by atoms with E-state index in [1.165, 1.54) is 11.1 Å². The van der Waals surface area contributed by atoms with Gasteiger partial charge in [-0.3, -0.25) is 0 Å². The molecule has 6 heteroatoms. The Balaban J connectivity index is 1.56. The number of aromatic nitrogens is 2. The summed E-state index contributed by atoms with van der Waals surface area (Å²) in [5, 5.41) is 0. The lowest BCUT2D eigenvalue weighted by Gasteiger charge is -2.15. The largest absolute Gasteiger partial charge is 0.493 e. The van der Waals surface area contributed by atoms with Crippen LogP contribution in [0.5, 0.6) is 23.0 Å². The van der Waals surface area contributed by atoms with Gasteiger partial charge in [-0.2, -0.15) is 0 Å². The number of rotatable bonds is 10. The molecule has 0 spiro atoms. The van der Waals surface area contributed by atoms with Crippen LogP contribution >= 0.6 is 0 Å². The minimum absolute atomic E-state index is 0.569. The second kappa shape index (κ2) is 10.5. The quantitative estimate of drug-likeness (QED) is 0.264. The Hall–Kier alpha value is -3.67. The number of hydrogen-bond donors (Lipinski definition) is 0. The monoisotopic (exact) mass is 460 g/mol. The van der Waals surface area contributed by atoms with E-state index in [0.717, 1.165) is 47.6 Å². The maximum atomic E-state index is 6.03. The smallest absolute Gasteiger partial charge is 0.203 e. The molecule has 34 heavy (non-hydrogen) atoms. The first-order valence-corrected chi connectivity index (χ1v) is 11.5. The van der Waals surface area contributed by atoms with Gasteiger partial charge in [-0.15, -0.1) is 0 Å². The highest BCUT2D eigenvalue weighted by Gasteiger charge is 2.18. The van der Waals surface area contributed by atoms with Gasteiger partial charge in [0.2, 0.25) is 5.75 Å². The van der Waals surface area contributed by atoms with E-state index < -0.39 is 0 Å². The third-order valence-electron chi connectivity index (χ3n) is 5.94. The van der Waals surface area contributed by atoms with E-state index in [2.05, 4.69) is 42.7 Å². The zero-order chi connectivity index (χ0) is 24.1. The van der Waals surface area contributed by atoms with Crippen LogP contribution in [0.15, 0.2) is 54.6 Å². The summed E-state index contributed by atoms with van der Waals surface area (Å²) in [5.74, 6) is 3.61. The molecule has 0 atom stereocenters. The molecule has 1 heterocycles. The molecule has 0 aliphatic heterocycles. The maximum Gasteiger partial charge on any atom is 0.203 e. The molecule has 0 aliphatic carbocycles. The Morgan fingerprint density at radius 1 is 0.794 bits per heavy atom. The average molecular weight is 461 g/mol. The lowest BCUT2D eigenvalue weighted by molar-refractivity contribution is 0.301. The van der Waals surface area contributed by atoms with E-state index in [1.54, 1.807) is 21.3 Å². The van der Waals surface area contributed by atoms with Gasteiger partial charge in [0, 0.05) is 12.1 Å². The summed E-state index contributed by atoms with van der Waals surface area (Å²) < 4.78 is 24.9. The summed E-state index contributed by atoms with van der Waals surface area (Å²) in [6, 6.07) is 18.4. The molecule has 1 aromatic heterocycles. The average Bonchev–Trinajstić information content (AvgIpc) is 3.22. The fraction of sp³-hybridized carbons (Fsp3) is 0.321. The zero-order valence-corrected chi connectivity index (χ0v) is 20.6. The molecular weight excluding hydrogens is 428 g/mol. The van der Waals surface area contributed by atoms with E-state index in [0.29, 0.717) is 23.9 Å². The molecular formula is C28H32N2O4. The number of unbranched alkanes of at least 4 members (excludes halogenated alkanes) is 1. The van der Waals surface area contributed by atoms with Gasteiger partial charge in [0.15, 0.2) is 11.5 Å². The van der Waals surface area contributed by atoms with Gasteiger partial charge < -0.3 is 23.5 Å². The van der Waals surface area contributed by atoms with Crippen LogP contribution in [-0.4, -0.2) is 37.5 Å². The molecule has 0 N–H and O–H groups in total. The maximum absolute atomic E-state index is 6.03. The lowest BCUT2D eigenvalue weighted by Crippen LogP contribution is -2.05. The van der Waals surface area contributed by atoms with E-state index in [4.69, 9.17) is 23.9 Å². The summed E-state index contributed by atoms with van der Waals surface area (Å²) in [6.07, 6.45) is 1.90. The van der Waals surface area contributed by atoms with E-state index in [9.17, 15) is 0 Å². The summed E-state index contributed by atoms with van der Waals surface area (Å²) in [6.45, 7) is 5.68. The molecule has 0 aliphatic rings. The molecule has 6 nitrogen and oxygen atoms in total. The summed E-state index contributed by atoms with van der Waals surface area (Å²) in [7, 11) is 4.86. The van der Waals surface area contributed by atoms with Crippen molar-refractivity contribution in [3.05, 3.63) is 65.7 Å². The van der Waals surface area contributed by atoms with Crippen molar-refractivity contribution in [1.29, 1.82) is 0 Å². The third-order valence-corrected chi connectivity index (χ3v) is 5.94. The lowest BCUT2D eigenvalue weighted by atomic mass is 10.1. The third kappa shape index (κ3) is 4.81. The fourth-order valence-electron chi connectivity index (χ4n) is 4.25. The van der Waals surface area contributed by atoms with Gasteiger partial charge in [-0.25, -0.2) is 4.98 Å². The highest BCUT2D eigenvalue weighted by Crippen LogP contribution is 2.41. The number of hydrogen-bond acceptors (Lipinski definition) is 5. The number of ether oxygens (including phenoxy) is 4. The number of para-hydroxylation sites is 2. The minimum Gasteiger partial charge on any atom is -0.493 e. The highest BCUT2D eigenvalue weighted by atomic mass is 16.5. The predicted octanol–water partition coefficient (Wildman–Crippen LogP) is 6.21. The van der Waals surface area contributed by atoms with Gasteiger partial charge in [-0.1, -0.05) is 29.8 Å². The Morgan fingerprint density at radius 2 is 1.53 bits per heavy atom. The Bertz CT molecular complexity index is 1250. The first kappa shape index (κ1) is 23.5. The van der Waals surface area contributed by atoms with Crippen LogP contribution in [0, 0.1) is 13.8 Å². The molecule has 0 radical (unpaired) electrons. The number of fused-ring (bicyclic) bond motifs is 1. The van der Waals surface area contributed by atoms with Crippen LogP contribution in [0.4, 0.5) is 0 Å². The first-order valence-electron chi connectivity index (χ1n) is 11.5. The predicted molar refractivity (Wildman–Crippen MR) is 135 cm³/mol. The molecule has 0 amide bonds. The molecule has 0 bridgehead atoms. The molecule has 0 saturated carbocycles. The van der Waals surface area contributed by atoms with Gasteiger partial charge in [0.1, 0.15) is 11.6 Å². The Kier molecular flexibility index (Phi) is 7.26. The molecule has 0 saturated heterocycles. The highest BCUT2D eigenvalue weighted by molar-refractivity contribution is 5.81. The second-order valence-electron chi connectivity index (χ2n) is 8.31. The van der Waals surface area contributed by atoms with Crippen LogP contribution < -0.4 is 18.9 Å². The molecule has 178 valence electrons. The molecule has 0 fully saturated rings. The van der Waals surface area contributed by atoms with Crippen molar-refractivity contribution in [1.82, 2.24) is 9.55 Å². The van der Waals surface area contributed by atoms with Crippen LogP contribution in [0.1, 0.15) is 24.0 Å². The van der Waals surface area contributed by atoms with Crippen molar-refractivity contribution < 1.29 is 18.9 Å². The molecule has 3 aromatic carbocycles. The van der Waals surface area contributed by atoms with Crippen LogP contribution in [0.3, 0.4) is 0 Å². The van der Waals surface area contributed by atoms with Crippen molar-refractivity contribution in [3.63, 3.8) is 0 Å². The van der Waals surface area contributed by atoms with Gasteiger partial charge in [0.05, 0.1) is 39.0 Å². The van der Waals surface area contributed by atoms with E-state index in [-0.39, 0.29) is 0 Å². The van der Waals surface area contributed by atoms with Gasteiger partial charge in [0.25, 0.3) is 0 Å². The number of nitrogens with zero attached hydrogens (tertiary/aromatic N) is 2. The van der Waals surface area contributed by atoms with Gasteiger partial charge in [-0.05, 0) is 62.6 Å². The second-order valence-corrected chi connectivity index (χ2v) is 8.31. The molecule has 4 rings (SSSR count). The Morgan fingerprint density at radius 3 is 2.21 bits per heavy atom. The summed E-state index contributed by atoms with van der Waals surface area (Å²) in [5.41, 5.74) is 5.39.